The highest BCUT2D eigenvalue weighted by molar-refractivity contribution is 9.10. The molecule has 90 valence electrons. The molecule has 2 aromatic rings. The van der Waals surface area contributed by atoms with Crippen LogP contribution in [-0.2, 0) is 6.54 Å². The van der Waals surface area contributed by atoms with E-state index in [1.165, 1.54) is 5.56 Å². The number of hydrogen-bond donors (Lipinski definition) is 1. The van der Waals surface area contributed by atoms with Crippen molar-refractivity contribution >= 4 is 31.9 Å². The Morgan fingerprint density at radius 2 is 1.82 bits per heavy atom. The third-order valence-corrected chi connectivity index (χ3v) is 3.54. The summed E-state index contributed by atoms with van der Waals surface area (Å²) in [4.78, 5) is 0. The third kappa shape index (κ3) is 3.69. The maximum Gasteiger partial charge on any atom is 0.169 e. The molecule has 17 heavy (non-hydrogen) atoms. The van der Waals surface area contributed by atoms with Gasteiger partial charge in [-0.05, 0) is 52.7 Å². The zero-order valence-electron chi connectivity index (χ0n) is 9.41. The molecule has 4 heteroatoms. The minimum absolute atomic E-state index is 0.298. The van der Waals surface area contributed by atoms with Crippen LogP contribution in [0.4, 0.5) is 0 Å². The van der Waals surface area contributed by atoms with Gasteiger partial charge >= 0.3 is 0 Å². The Kier molecular flexibility index (Phi) is 4.42. The van der Waals surface area contributed by atoms with Gasteiger partial charge in [0.05, 0.1) is 6.54 Å². The number of hydrogen-bond acceptors (Lipinski definition) is 2. The minimum Gasteiger partial charge on any atom is -0.453 e. The molecule has 2 rings (SSSR count). The van der Waals surface area contributed by atoms with E-state index in [2.05, 4.69) is 68.4 Å². The number of benzene rings is 1. The second-order valence-corrected chi connectivity index (χ2v) is 5.56. The monoisotopic (exact) mass is 357 g/mol. The van der Waals surface area contributed by atoms with Gasteiger partial charge in [-0.15, -0.1) is 0 Å². The Morgan fingerprint density at radius 1 is 1.12 bits per heavy atom. The lowest BCUT2D eigenvalue weighted by Crippen LogP contribution is -2.17. The van der Waals surface area contributed by atoms with E-state index in [9.17, 15) is 0 Å². The van der Waals surface area contributed by atoms with Gasteiger partial charge in [-0.2, -0.15) is 0 Å². The van der Waals surface area contributed by atoms with E-state index in [-0.39, 0.29) is 0 Å². The van der Waals surface area contributed by atoms with E-state index in [4.69, 9.17) is 4.42 Å². The average Bonchev–Trinajstić information content (AvgIpc) is 2.73. The summed E-state index contributed by atoms with van der Waals surface area (Å²) in [5, 5.41) is 3.42. The standard InChI is InChI=1S/C13H13Br2NO/c1-9(10-2-4-11(14)5-3-10)16-8-12-6-7-13(15)17-12/h2-7,9,16H,8H2,1H3/t9-/m1/s1. The first-order chi connectivity index (χ1) is 8.15. The molecule has 0 spiro atoms. The SMILES string of the molecule is C[C@@H](NCc1ccc(Br)o1)c1ccc(Br)cc1. The highest BCUT2D eigenvalue weighted by Crippen LogP contribution is 2.18. The van der Waals surface area contributed by atoms with Crippen LogP contribution in [0.2, 0.25) is 0 Å². The summed E-state index contributed by atoms with van der Waals surface area (Å²) in [5.74, 6) is 0.931. The number of furan rings is 1. The van der Waals surface area contributed by atoms with Gasteiger partial charge in [0.25, 0.3) is 0 Å². The second-order valence-electron chi connectivity index (χ2n) is 3.86. The van der Waals surface area contributed by atoms with Crippen LogP contribution in [0.3, 0.4) is 0 Å². The van der Waals surface area contributed by atoms with Gasteiger partial charge in [-0.25, -0.2) is 0 Å². The van der Waals surface area contributed by atoms with Crippen LogP contribution in [0.25, 0.3) is 0 Å². The van der Waals surface area contributed by atoms with Crippen molar-refractivity contribution in [1.82, 2.24) is 5.32 Å². The molecule has 0 saturated heterocycles. The first-order valence-corrected chi connectivity index (χ1v) is 6.97. The molecule has 0 unspecified atom stereocenters. The van der Waals surface area contributed by atoms with Crippen molar-refractivity contribution in [3.63, 3.8) is 0 Å². The van der Waals surface area contributed by atoms with E-state index < -0.39 is 0 Å². The lowest BCUT2D eigenvalue weighted by atomic mass is 10.1. The quantitative estimate of drug-likeness (QED) is 0.860. The zero-order chi connectivity index (χ0) is 12.3. The molecule has 1 N–H and O–H groups in total. The fourth-order valence-corrected chi connectivity index (χ4v) is 2.17. The molecule has 0 aliphatic heterocycles. The van der Waals surface area contributed by atoms with Crippen molar-refractivity contribution in [2.75, 3.05) is 0 Å². The molecule has 2 nitrogen and oxygen atoms in total. The van der Waals surface area contributed by atoms with E-state index in [0.29, 0.717) is 6.04 Å². The Balaban J connectivity index is 1.93. The van der Waals surface area contributed by atoms with Gasteiger partial charge in [-0.3, -0.25) is 0 Å². The Labute approximate surface area is 118 Å². The van der Waals surface area contributed by atoms with Gasteiger partial charge < -0.3 is 9.73 Å². The van der Waals surface area contributed by atoms with E-state index in [0.717, 1.165) is 21.4 Å². The summed E-state index contributed by atoms with van der Waals surface area (Å²) in [6.07, 6.45) is 0. The number of halogens is 2. The van der Waals surface area contributed by atoms with Crippen LogP contribution in [0.5, 0.6) is 0 Å². The molecule has 1 atom stereocenters. The first kappa shape index (κ1) is 12.9. The van der Waals surface area contributed by atoms with E-state index in [1.54, 1.807) is 0 Å². The molecule has 1 aromatic carbocycles. The molecule has 0 bridgehead atoms. The van der Waals surface area contributed by atoms with Gasteiger partial charge in [0.1, 0.15) is 5.76 Å². The smallest absolute Gasteiger partial charge is 0.169 e. The normalized spacial score (nSPS) is 12.6. The van der Waals surface area contributed by atoms with Crippen LogP contribution >= 0.6 is 31.9 Å². The first-order valence-electron chi connectivity index (χ1n) is 5.38. The summed E-state index contributed by atoms with van der Waals surface area (Å²) < 4.78 is 7.31. The zero-order valence-corrected chi connectivity index (χ0v) is 12.6. The average molecular weight is 359 g/mol. The fraction of sp³-hybridized carbons (Fsp3) is 0.231. The Bertz CT molecular complexity index is 478. The van der Waals surface area contributed by atoms with E-state index >= 15 is 0 Å². The third-order valence-electron chi connectivity index (χ3n) is 2.58. The maximum atomic E-state index is 5.44. The van der Waals surface area contributed by atoms with Crippen molar-refractivity contribution in [2.24, 2.45) is 0 Å². The number of rotatable bonds is 4. The fourth-order valence-electron chi connectivity index (χ4n) is 1.57. The van der Waals surface area contributed by atoms with Gasteiger partial charge in [0, 0.05) is 10.5 Å². The van der Waals surface area contributed by atoms with Gasteiger partial charge in [0.15, 0.2) is 4.67 Å². The summed E-state index contributed by atoms with van der Waals surface area (Å²) >= 11 is 6.72. The molecule has 0 saturated carbocycles. The van der Waals surface area contributed by atoms with Crippen LogP contribution in [0.15, 0.2) is 50.0 Å². The highest BCUT2D eigenvalue weighted by Gasteiger charge is 2.06. The summed E-state index contributed by atoms with van der Waals surface area (Å²) in [7, 11) is 0. The van der Waals surface area contributed by atoms with Crippen molar-refractivity contribution in [1.29, 1.82) is 0 Å². The molecule has 0 radical (unpaired) electrons. The van der Waals surface area contributed by atoms with Crippen LogP contribution in [0, 0.1) is 0 Å². The van der Waals surface area contributed by atoms with Crippen molar-refractivity contribution in [2.45, 2.75) is 19.5 Å². The second kappa shape index (κ2) is 5.85. The Morgan fingerprint density at radius 3 is 2.41 bits per heavy atom. The molecule has 0 amide bonds. The molecule has 1 heterocycles. The van der Waals surface area contributed by atoms with Crippen LogP contribution < -0.4 is 5.32 Å². The Hall–Kier alpha value is -0.580. The van der Waals surface area contributed by atoms with Crippen molar-refractivity contribution in [3.8, 4) is 0 Å². The summed E-state index contributed by atoms with van der Waals surface area (Å²) in [5.41, 5.74) is 1.26. The van der Waals surface area contributed by atoms with E-state index in [1.807, 2.05) is 12.1 Å². The van der Waals surface area contributed by atoms with Gasteiger partial charge in [0.2, 0.25) is 0 Å². The molecule has 0 fully saturated rings. The van der Waals surface area contributed by atoms with Crippen molar-refractivity contribution in [3.05, 3.63) is 56.9 Å². The van der Waals surface area contributed by atoms with Gasteiger partial charge in [-0.1, -0.05) is 28.1 Å². The molecular weight excluding hydrogens is 346 g/mol. The highest BCUT2D eigenvalue weighted by atomic mass is 79.9. The lowest BCUT2D eigenvalue weighted by Gasteiger charge is -2.13. The number of nitrogens with one attached hydrogen (secondary N) is 1. The van der Waals surface area contributed by atoms with Crippen LogP contribution in [0.1, 0.15) is 24.3 Å². The molecule has 1 aromatic heterocycles. The topological polar surface area (TPSA) is 25.2 Å². The maximum absolute atomic E-state index is 5.44. The molecular formula is C13H13Br2NO. The summed E-state index contributed by atoms with van der Waals surface area (Å²) in [6, 6.07) is 12.5. The summed E-state index contributed by atoms with van der Waals surface area (Å²) in [6.45, 7) is 2.87. The largest absolute Gasteiger partial charge is 0.453 e. The minimum atomic E-state index is 0.298. The van der Waals surface area contributed by atoms with Crippen molar-refractivity contribution < 1.29 is 4.42 Å². The predicted molar refractivity (Wildman–Crippen MR) is 75.8 cm³/mol. The van der Waals surface area contributed by atoms with Crippen LogP contribution in [-0.4, -0.2) is 0 Å². The predicted octanol–water partition coefficient (Wildman–Crippen LogP) is 4.66. The molecule has 0 aliphatic carbocycles. The lowest BCUT2D eigenvalue weighted by molar-refractivity contribution is 0.447. The molecule has 0 aliphatic rings.